The van der Waals surface area contributed by atoms with E-state index in [0.29, 0.717) is 6.42 Å². The fourth-order valence-electron chi connectivity index (χ4n) is 2.00. The highest BCUT2D eigenvalue weighted by molar-refractivity contribution is 5.76. The van der Waals surface area contributed by atoms with Crippen molar-refractivity contribution in [2.45, 2.75) is 31.7 Å². The zero-order chi connectivity index (χ0) is 8.88. The Morgan fingerprint density at radius 1 is 1.42 bits per heavy atom. The molecule has 0 radical (unpaired) electrons. The van der Waals surface area contributed by atoms with Crippen LogP contribution in [-0.4, -0.2) is 34.5 Å². The molecule has 4 heteroatoms. The van der Waals surface area contributed by atoms with Crippen molar-refractivity contribution in [1.29, 1.82) is 0 Å². The standard InChI is InChI=1S/C8H12O4/c1-3-5-2-4(8(11)12-5)7(10)6(3)9/h3-7,9-10H,2H2,1H3. The zero-order valence-electron chi connectivity index (χ0n) is 6.80. The Bertz CT molecular complexity index is 213. The molecule has 0 aromatic carbocycles. The molecule has 4 nitrogen and oxygen atoms in total. The molecule has 0 spiro atoms. The average Bonchev–Trinajstić information content (AvgIpc) is 2.39. The maximum absolute atomic E-state index is 11.1. The van der Waals surface area contributed by atoms with E-state index in [1.54, 1.807) is 6.92 Å². The lowest BCUT2D eigenvalue weighted by Crippen LogP contribution is -2.45. The van der Waals surface area contributed by atoms with E-state index >= 15 is 0 Å². The van der Waals surface area contributed by atoms with E-state index in [4.69, 9.17) is 4.74 Å². The lowest BCUT2D eigenvalue weighted by atomic mass is 9.79. The van der Waals surface area contributed by atoms with E-state index in [9.17, 15) is 15.0 Å². The molecule has 1 aliphatic carbocycles. The highest BCUT2D eigenvalue weighted by Crippen LogP contribution is 2.38. The van der Waals surface area contributed by atoms with Gasteiger partial charge in [0, 0.05) is 12.3 Å². The molecule has 2 rings (SSSR count). The minimum atomic E-state index is -0.939. The van der Waals surface area contributed by atoms with Gasteiger partial charge in [0.15, 0.2) is 0 Å². The van der Waals surface area contributed by atoms with Crippen LogP contribution in [0.25, 0.3) is 0 Å². The molecule has 1 saturated carbocycles. The normalized spacial score (nSPS) is 52.2. The molecule has 5 atom stereocenters. The van der Waals surface area contributed by atoms with Gasteiger partial charge < -0.3 is 14.9 Å². The summed E-state index contributed by atoms with van der Waals surface area (Å²) in [5.41, 5.74) is 0. The summed E-state index contributed by atoms with van der Waals surface area (Å²) in [4.78, 5) is 11.1. The number of aliphatic hydroxyl groups excluding tert-OH is 2. The second kappa shape index (κ2) is 2.44. The fraction of sp³-hybridized carbons (Fsp3) is 0.875. The van der Waals surface area contributed by atoms with E-state index in [2.05, 4.69) is 0 Å². The molecule has 1 aliphatic heterocycles. The summed E-state index contributed by atoms with van der Waals surface area (Å²) in [6.07, 6.45) is -1.40. The van der Waals surface area contributed by atoms with E-state index in [-0.39, 0.29) is 18.0 Å². The van der Waals surface area contributed by atoms with Crippen LogP contribution in [0.2, 0.25) is 0 Å². The SMILES string of the molecule is CC1C2CC(C(=O)O2)C(O)C1O. The van der Waals surface area contributed by atoms with Crippen LogP contribution in [0.15, 0.2) is 0 Å². The minimum Gasteiger partial charge on any atom is -0.462 e. The van der Waals surface area contributed by atoms with E-state index < -0.39 is 18.1 Å². The first-order valence-corrected chi connectivity index (χ1v) is 4.18. The van der Waals surface area contributed by atoms with Gasteiger partial charge in [-0.1, -0.05) is 6.92 Å². The van der Waals surface area contributed by atoms with Crippen molar-refractivity contribution in [1.82, 2.24) is 0 Å². The monoisotopic (exact) mass is 172 g/mol. The molecule has 1 heterocycles. The van der Waals surface area contributed by atoms with Crippen LogP contribution in [0, 0.1) is 11.8 Å². The molecule has 0 aromatic rings. The van der Waals surface area contributed by atoms with Gasteiger partial charge in [0.1, 0.15) is 6.10 Å². The number of hydrogen-bond acceptors (Lipinski definition) is 4. The lowest BCUT2D eigenvalue weighted by molar-refractivity contribution is -0.145. The molecule has 2 N–H and O–H groups in total. The fourth-order valence-corrected chi connectivity index (χ4v) is 2.00. The molecule has 0 amide bonds. The first kappa shape index (κ1) is 8.01. The van der Waals surface area contributed by atoms with Crippen LogP contribution >= 0.6 is 0 Å². The smallest absolute Gasteiger partial charge is 0.312 e. The zero-order valence-corrected chi connectivity index (χ0v) is 6.80. The molecule has 2 fully saturated rings. The maximum atomic E-state index is 11.1. The van der Waals surface area contributed by atoms with Crippen molar-refractivity contribution in [3.05, 3.63) is 0 Å². The van der Waals surface area contributed by atoms with Crippen molar-refractivity contribution in [3.8, 4) is 0 Å². The van der Waals surface area contributed by atoms with Gasteiger partial charge in [-0.2, -0.15) is 0 Å². The first-order chi connectivity index (χ1) is 5.61. The van der Waals surface area contributed by atoms with Crippen LogP contribution < -0.4 is 0 Å². The van der Waals surface area contributed by atoms with Gasteiger partial charge in [0.25, 0.3) is 0 Å². The topological polar surface area (TPSA) is 66.8 Å². The van der Waals surface area contributed by atoms with Gasteiger partial charge in [0.05, 0.1) is 18.1 Å². The van der Waals surface area contributed by atoms with Crippen molar-refractivity contribution >= 4 is 5.97 Å². The van der Waals surface area contributed by atoms with Crippen molar-refractivity contribution in [3.63, 3.8) is 0 Å². The summed E-state index contributed by atoms with van der Waals surface area (Å²) in [5.74, 6) is -1.01. The Labute approximate surface area is 70.1 Å². The van der Waals surface area contributed by atoms with Crippen LogP contribution in [0.4, 0.5) is 0 Å². The number of rotatable bonds is 0. The number of aliphatic hydroxyl groups is 2. The van der Waals surface area contributed by atoms with Crippen molar-refractivity contribution in [2.24, 2.45) is 11.8 Å². The average molecular weight is 172 g/mol. The number of carbonyl (C=O) groups is 1. The van der Waals surface area contributed by atoms with Crippen LogP contribution in [-0.2, 0) is 9.53 Å². The van der Waals surface area contributed by atoms with E-state index in [1.807, 2.05) is 0 Å². The molecule has 2 bridgehead atoms. The predicted octanol–water partition coefficient (Wildman–Crippen LogP) is -0.710. The van der Waals surface area contributed by atoms with Crippen LogP contribution in [0.1, 0.15) is 13.3 Å². The number of esters is 1. The third-order valence-electron chi connectivity index (χ3n) is 2.94. The Morgan fingerprint density at radius 2 is 2.08 bits per heavy atom. The van der Waals surface area contributed by atoms with Crippen LogP contribution in [0.5, 0.6) is 0 Å². The second-order valence-corrected chi connectivity index (χ2v) is 3.66. The molecule has 1 saturated heterocycles. The summed E-state index contributed by atoms with van der Waals surface area (Å²) in [5, 5.41) is 18.9. The highest BCUT2D eigenvalue weighted by atomic mass is 16.6. The Morgan fingerprint density at radius 3 is 2.75 bits per heavy atom. The summed E-state index contributed by atoms with van der Waals surface area (Å²) in [6.45, 7) is 1.79. The highest BCUT2D eigenvalue weighted by Gasteiger charge is 2.51. The second-order valence-electron chi connectivity index (χ2n) is 3.66. The number of fused-ring (bicyclic) bond motifs is 2. The summed E-state index contributed by atoms with van der Waals surface area (Å²) in [7, 11) is 0. The van der Waals surface area contributed by atoms with Crippen molar-refractivity contribution < 1.29 is 19.7 Å². The van der Waals surface area contributed by atoms with Gasteiger partial charge in [-0.25, -0.2) is 0 Å². The number of hydrogen-bond donors (Lipinski definition) is 2. The third-order valence-corrected chi connectivity index (χ3v) is 2.94. The first-order valence-electron chi connectivity index (χ1n) is 4.18. The predicted molar refractivity (Wildman–Crippen MR) is 39.2 cm³/mol. The summed E-state index contributed by atoms with van der Waals surface area (Å²) in [6, 6.07) is 0. The molecule has 68 valence electrons. The Hall–Kier alpha value is -0.610. The van der Waals surface area contributed by atoms with Crippen LogP contribution in [0.3, 0.4) is 0 Å². The molecule has 12 heavy (non-hydrogen) atoms. The Balaban J connectivity index is 2.25. The van der Waals surface area contributed by atoms with Gasteiger partial charge in [0.2, 0.25) is 0 Å². The molecule has 5 unspecified atom stereocenters. The van der Waals surface area contributed by atoms with E-state index in [1.165, 1.54) is 0 Å². The minimum absolute atomic E-state index is 0.150. The van der Waals surface area contributed by atoms with Gasteiger partial charge >= 0.3 is 5.97 Å². The summed E-state index contributed by atoms with van der Waals surface area (Å²) < 4.78 is 4.98. The molecular weight excluding hydrogens is 160 g/mol. The quantitative estimate of drug-likeness (QED) is 0.474. The molecule has 0 aromatic heterocycles. The lowest BCUT2D eigenvalue weighted by Gasteiger charge is -2.31. The van der Waals surface area contributed by atoms with E-state index in [0.717, 1.165) is 0 Å². The molecule has 2 aliphatic rings. The maximum Gasteiger partial charge on any atom is 0.312 e. The third kappa shape index (κ3) is 0.881. The number of ether oxygens (including phenoxy) is 1. The van der Waals surface area contributed by atoms with Crippen molar-refractivity contribution in [2.75, 3.05) is 0 Å². The number of carbonyl (C=O) groups excluding carboxylic acids is 1. The molecular formula is C8H12O4. The van der Waals surface area contributed by atoms with Gasteiger partial charge in [-0.15, -0.1) is 0 Å². The Kier molecular flexibility index (Phi) is 1.63. The largest absolute Gasteiger partial charge is 0.462 e. The summed E-state index contributed by atoms with van der Waals surface area (Å²) >= 11 is 0. The van der Waals surface area contributed by atoms with Gasteiger partial charge in [-0.05, 0) is 0 Å². The van der Waals surface area contributed by atoms with Gasteiger partial charge in [-0.3, -0.25) is 4.79 Å².